The fourth-order valence-corrected chi connectivity index (χ4v) is 2.67. The lowest BCUT2D eigenvalue weighted by atomic mass is 10.2. The van der Waals surface area contributed by atoms with E-state index >= 15 is 0 Å². The standard InChI is InChI=1S/C23H20N4O3/c28-21(29)17-27-20(15-7-13-18-9-3-1-4-10-18)22(30)25-23(27)26-24-16-8-14-19-11-5-2-6-12-19/h1-16H,17H2,(H,28,29)(H,25,26,30)/b13-7+,14-8+,20-15+,24-16-. The summed E-state index contributed by atoms with van der Waals surface area (Å²) in [5.74, 6) is -1.47. The maximum Gasteiger partial charge on any atom is 0.323 e. The summed E-state index contributed by atoms with van der Waals surface area (Å²) in [4.78, 5) is 24.8. The van der Waals surface area contributed by atoms with Gasteiger partial charge in [-0.1, -0.05) is 78.9 Å². The quantitative estimate of drug-likeness (QED) is 0.424. The number of amides is 1. The maximum absolute atomic E-state index is 12.3. The second-order valence-corrected chi connectivity index (χ2v) is 6.21. The molecule has 1 amide bonds. The molecule has 1 fully saturated rings. The fourth-order valence-electron chi connectivity index (χ4n) is 2.67. The summed E-state index contributed by atoms with van der Waals surface area (Å²) in [6, 6.07) is 19.2. The molecular weight excluding hydrogens is 380 g/mol. The molecule has 30 heavy (non-hydrogen) atoms. The molecule has 0 unspecified atom stereocenters. The first kappa shape index (κ1) is 20.5. The molecule has 150 valence electrons. The van der Waals surface area contributed by atoms with E-state index in [1.54, 1.807) is 18.2 Å². The molecule has 1 saturated heterocycles. The van der Waals surface area contributed by atoms with Crippen molar-refractivity contribution in [2.75, 3.05) is 6.54 Å². The van der Waals surface area contributed by atoms with E-state index in [1.165, 1.54) is 11.1 Å². The van der Waals surface area contributed by atoms with Crippen LogP contribution in [-0.4, -0.2) is 40.6 Å². The molecule has 7 nitrogen and oxygen atoms in total. The third-order valence-electron chi connectivity index (χ3n) is 4.03. The second-order valence-electron chi connectivity index (χ2n) is 6.21. The van der Waals surface area contributed by atoms with Gasteiger partial charge in [0.15, 0.2) is 0 Å². The highest BCUT2D eigenvalue weighted by Gasteiger charge is 2.32. The summed E-state index contributed by atoms with van der Waals surface area (Å²) in [5.41, 5.74) is 2.15. The summed E-state index contributed by atoms with van der Waals surface area (Å²) < 4.78 is 0. The Morgan fingerprint density at radius 1 is 0.967 bits per heavy atom. The van der Waals surface area contributed by atoms with Gasteiger partial charge >= 0.3 is 5.97 Å². The van der Waals surface area contributed by atoms with Gasteiger partial charge in [-0.25, -0.2) is 0 Å². The Balaban J connectivity index is 1.74. The minimum atomic E-state index is -1.09. The number of nitrogens with zero attached hydrogens (tertiary/aromatic N) is 3. The molecule has 2 N–H and O–H groups in total. The molecule has 0 atom stereocenters. The van der Waals surface area contributed by atoms with Gasteiger partial charge in [-0.15, -0.1) is 5.10 Å². The predicted octanol–water partition coefficient (Wildman–Crippen LogP) is 3.16. The molecule has 0 spiro atoms. The van der Waals surface area contributed by atoms with Crippen LogP contribution in [0.25, 0.3) is 12.2 Å². The van der Waals surface area contributed by atoms with Crippen molar-refractivity contribution in [3.05, 3.63) is 95.7 Å². The largest absolute Gasteiger partial charge is 0.480 e. The topological polar surface area (TPSA) is 94.4 Å². The van der Waals surface area contributed by atoms with Gasteiger partial charge in [0, 0.05) is 6.21 Å². The molecule has 1 aliphatic rings. The lowest BCUT2D eigenvalue weighted by Gasteiger charge is -2.13. The fraction of sp³-hybridized carbons (Fsp3) is 0.0435. The maximum atomic E-state index is 12.3. The Hall–Kier alpha value is -4.26. The number of benzene rings is 2. The van der Waals surface area contributed by atoms with Gasteiger partial charge in [-0.3, -0.25) is 19.8 Å². The number of guanidine groups is 1. The lowest BCUT2D eigenvalue weighted by Crippen LogP contribution is -2.33. The van der Waals surface area contributed by atoms with Gasteiger partial charge in [0.25, 0.3) is 5.91 Å². The van der Waals surface area contributed by atoms with Crippen LogP contribution in [0.2, 0.25) is 0 Å². The number of carbonyl (C=O) groups is 2. The van der Waals surface area contributed by atoms with E-state index in [4.69, 9.17) is 0 Å². The average Bonchev–Trinajstić information content (AvgIpc) is 3.03. The SMILES string of the molecule is O=C(O)CN1/C(=C/C=C/c2ccccc2)C(=O)N\C1=N/N=C\C=C\c1ccccc1. The van der Waals surface area contributed by atoms with Crippen molar-refractivity contribution >= 4 is 36.2 Å². The Bertz CT molecular complexity index is 1040. The van der Waals surface area contributed by atoms with Crippen LogP contribution in [0.3, 0.4) is 0 Å². The molecular formula is C23H20N4O3. The van der Waals surface area contributed by atoms with E-state index in [0.29, 0.717) is 0 Å². The Labute approximate surface area is 174 Å². The van der Waals surface area contributed by atoms with Crippen LogP contribution in [-0.2, 0) is 9.59 Å². The Morgan fingerprint density at radius 3 is 2.17 bits per heavy atom. The highest BCUT2D eigenvalue weighted by Crippen LogP contribution is 2.14. The van der Waals surface area contributed by atoms with Crippen LogP contribution in [0, 0.1) is 0 Å². The van der Waals surface area contributed by atoms with Crippen molar-refractivity contribution in [2.24, 2.45) is 10.2 Å². The van der Waals surface area contributed by atoms with Crippen LogP contribution in [0.15, 0.2) is 94.8 Å². The summed E-state index contributed by atoms with van der Waals surface area (Å²) in [5, 5.41) is 19.6. The molecule has 2 aromatic carbocycles. The van der Waals surface area contributed by atoms with Gasteiger partial charge in [0.05, 0.1) is 0 Å². The van der Waals surface area contributed by atoms with E-state index in [2.05, 4.69) is 15.5 Å². The smallest absolute Gasteiger partial charge is 0.323 e. The monoisotopic (exact) mass is 400 g/mol. The van der Waals surface area contributed by atoms with Gasteiger partial charge in [0.2, 0.25) is 5.96 Å². The number of rotatable bonds is 7. The zero-order valence-corrected chi connectivity index (χ0v) is 16.1. The zero-order chi connectivity index (χ0) is 21.2. The van der Waals surface area contributed by atoms with E-state index in [1.807, 2.05) is 72.8 Å². The number of aliphatic carboxylic acids is 1. The van der Waals surface area contributed by atoms with E-state index in [-0.39, 0.29) is 11.7 Å². The molecule has 0 radical (unpaired) electrons. The lowest BCUT2D eigenvalue weighted by molar-refractivity contribution is -0.137. The molecule has 7 heteroatoms. The number of nitrogens with one attached hydrogen (secondary N) is 1. The van der Waals surface area contributed by atoms with Crippen molar-refractivity contribution in [3.63, 3.8) is 0 Å². The molecule has 1 aliphatic heterocycles. The summed E-state index contributed by atoms with van der Waals surface area (Å²) >= 11 is 0. The minimum absolute atomic E-state index is 0.0612. The third kappa shape index (κ3) is 5.87. The van der Waals surface area contributed by atoms with Crippen LogP contribution >= 0.6 is 0 Å². The minimum Gasteiger partial charge on any atom is -0.480 e. The van der Waals surface area contributed by atoms with Gasteiger partial charge in [-0.2, -0.15) is 5.10 Å². The van der Waals surface area contributed by atoms with E-state index in [0.717, 1.165) is 11.1 Å². The first-order chi connectivity index (χ1) is 14.6. The highest BCUT2D eigenvalue weighted by atomic mass is 16.4. The van der Waals surface area contributed by atoms with Crippen LogP contribution in [0.1, 0.15) is 11.1 Å². The summed E-state index contributed by atoms with van der Waals surface area (Å²) in [6.45, 7) is -0.419. The first-order valence-electron chi connectivity index (χ1n) is 9.20. The number of carbonyl (C=O) groups excluding carboxylic acids is 1. The molecule has 0 aliphatic carbocycles. The molecule has 0 aromatic heterocycles. The summed E-state index contributed by atoms with van der Waals surface area (Å²) in [7, 11) is 0. The number of carboxylic acid groups (broad SMARTS) is 1. The second kappa shape index (κ2) is 10.3. The summed E-state index contributed by atoms with van der Waals surface area (Å²) in [6.07, 6.45) is 10.1. The number of allylic oxidation sites excluding steroid dienone is 3. The Morgan fingerprint density at radius 2 is 1.57 bits per heavy atom. The normalized spacial score (nSPS) is 17.1. The van der Waals surface area contributed by atoms with E-state index < -0.39 is 18.4 Å². The average molecular weight is 400 g/mol. The molecule has 1 heterocycles. The number of hydrogen-bond acceptors (Lipinski definition) is 4. The first-order valence-corrected chi connectivity index (χ1v) is 9.20. The van der Waals surface area contributed by atoms with Crippen LogP contribution in [0.5, 0.6) is 0 Å². The van der Waals surface area contributed by atoms with E-state index in [9.17, 15) is 14.7 Å². The van der Waals surface area contributed by atoms with Gasteiger partial charge in [-0.05, 0) is 23.3 Å². The van der Waals surface area contributed by atoms with Crippen molar-refractivity contribution in [1.29, 1.82) is 0 Å². The Kier molecular flexibility index (Phi) is 7.05. The molecule has 0 saturated carbocycles. The molecule has 0 bridgehead atoms. The van der Waals surface area contributed by atoms with Gasteiger partial charge in [0.1, 0.15) is 12.2 Å². The van der Waals surface area contributed by atoms with Crippen molar-refractivity contribution in [2.45, 2.75) is 0 Å². The van der Waals surface area contributed by atoms with Crippen molar-refractivity contribution in [1.82, 2.24) is 10.2 Å². The highest BCUT2D eigenvalue weighted by molar-refractivity contribution is 6.14. The molecule has 2 aromatic rings. The van der Waals surface area contributed by atoms with Crippen LogP contribution in [0.4, 0.5) is 0 Å². The number of carboxylic acids is 1. The zero-order valence-electron chi connectivity index (χ0n) is 16.1. The van der Waals surface area contributed by atoms with Crippen molar-refractivity contribution in [3.8, 4) is 0 Å². The predicted molar refractivity (Wildman–Crippen MR) is 117 cm³/mol. The third-order valence-corrected chi connectivity index (χ3v) is 4.03. The number of hydrogen-bond donors (Lipinski definition) is 2. The van der Waals surface area contributed by atoms with Crippen LogP contribution < -0.4 is 5.32 Å². The van der Waals surface area contributed by atoms with Crippen molar-refractivity contribution < 1.29 is 14.7 Å². The van der Waals surface area contributed by atoms with Gasteiger partial charge < -0.3 is 5.11 Å². The molecule has 3 rings (SSSR count).